The van der Waals surface area contributed by atoms with Crippen LogP contribution in [0.2, 0.25) is 0 Å². The SMILES string of the molecule is O=C(C#Cc1ccccc1)N1CCC(F)C1. The van der Waals surface area contributed by atoms with E-state index in [0.29, 0.717) is 13.0 Å². The predicted octanol–water partition coefficient (Wildman–Crippen LogP) is 1.61. The van der Waals surface area contributed by atoms with Gasteiger partial charge in [-0.1, -0.05) is 24.1 Å². The Morgan fingerprint density at radius 2 is 2.12 bits per heavy atom. The third kappa shape index (κ3) is 2.60. The quantitative estimate of drug-likeness (QED) is 0.604. The Hall–Kier alpha value is -1.82. The van der Waals surface area contributed by atoms with Gasteiger partial charge < -0.3 is 4.90 Å². The fraction of sp³-hybridized carbons (Fsp3) is 0.308. The molecule has 1 atom stereocenters. The largest absolute Gasteiger partial charge is 0.329 e. The standard InChI is InChI=1S/C13H12FNO/c14-12-8-9-15(10-12)13(16)7-6-11-4-2-1-3-5-11/h1-5,12H,8-10H2. The second kappa shape index (κ2) is 4.80. The maximum Gasteiger partial charge on any atom is 0.298 e. The molecule has 16 heavy (non-hydrogen) atoms. The van der Waals surface area contributed by atoms with Crippen molar-refractivity contribution in [1.29, 1.82) is 0 Å². The normalized spacial score (nSPS) is 19.1. The molecule has 1 aliphatic heterocycles. The molecule has 0 bridgehead atoms. The average molecular weight is 217 g/mol. The number of rotatable bonds is 0. The molecule has 1 amide bonds. The monoisotopic (exact) mass is 217 g/mol. The van der Waals surface area contributed by atoms with Crippen molar-refractivity contribution in [2.45, 2.75) is 12.6 Å². The van der Waals surface area contributed by atoms with E-state index in [1.165, 1.54) is 4.90 Å². The smallest absolute Gasteiger partial charge is 0.298 e. The highest BCUT2D eigenvalue weighted by atomic mass is 19.1. The molecule has 2 rings (SSSR count). The van der Waals surface area contributed by atoms with Gasteiger partial charge in [0, 0.05) is 18.0 Å². The van der Waals surface area contributed by atoms with Crippen molar-refractivity contribution in [3.05, 3.63) is 35.9 Å². The fourth-order valence-electron chi connectivity index (χ4n) is 1.63. The lowest BCUT2D eigenvalue weighted by molar-refractivity contribution is -0.124. The number of hydrogen-bond acceptors (Lipinski definition) is 1. The Bertz CT molecular complexity index is 432. The van der Waals surface area contributed by atoms with E-state index >= 15 is 0 Å². The Kier molecular flexibility index (Phi) is 3.21. The summed E-state index contributed by atoms with van der Waals surface area (Å²) in [4.78, 5) is 13.0. The van der Waals surface area contributed by atoms with E-state index < -0.39 is 6.17 Å². The fourth-order valence-corrected chi connectivity index (χ4v) is 1.63. The number of alkyl halides is 1. The van der Waals surface area contributed by atoms with Gasteiger partial charge in [0.1, 0.15) is 6.17 Å². The van der Waals surface area contributed by atoms with Crippen molar-refractivity contribution in [2.24, 2.45) is 0 Å². The Balaban J connectivity index is 2.00. The molecule has 1 heterocycles. The molecule has 3 heteroatoms. The number of carbonyl (C=O) groups is 1. The molecular formula is C13H12FNO. The molecule has 0 saturated carbocycles. The van der Waals surface area contributed by atoms with Gasteiger partial charge >= 0.3 is 0 Å². The first-order valence-electron chi connectivity index (χ1n) is 5.26. The summed E-state index contributed by atoms with van der Waals surface area (Å²) in [6.45, 7) is 0.659. The first-order chi connectivity index (χ1) is 7.75. The van der Waals surface area contributed by atoms with Crippen LogP contribution in [0, 0.1) is 11.8 Å². The lowest BCUT2D eigenvalue weighted by atomic mass is 10.2. The lowest BCUT2D eigenvalue weighted by Gasteiger charge is -2.09. The molecule has 2 nitrogen and oxygen atoms in total. The number of benzene rings is 1. The molecule has 0 aromatic heterocycles. The van der Waals surface area contributed by atoms with E-state index in [1.54, 1.807) is 0 Å². The first kappa shape index (κ1) is 10.7. The topological polar surface area (TPSA) is 20.3 Å². The molecule has 0 spiro atoms. The minimum Gasteiger partial charge on any atom is -0.329 e. The lowest BCUT2D eigenvalue weighted by Crippen LogP contribution is -2.27. The Morgan fingerprint density at radius 3 is 2.75 bits per heavy atom. The van der Waals surface area contributed by atoms with Crippen LogP contribution in [0.25, 0.3) is 0 Å². The van der Waals surface area contributed by atoms with Crippen LogP contribution in [-0.2, 0) is 4.79 Å². The van der Waals surface area contributed by atoms with E-state index in [2.05, 4.69) is 11.8 Å². The summed E-state index contributed by atoms with van der Waals surface area (Å²) in [5.74, 6) is 5.02. The van der Waals surface area contributed by atoms with E-state index in [0.717, 1.165) is 5.56 Å². The van der Waals surface area contributed by atoms with Crippen LogP contribution in [0.4, 0.5) is 4.39 Å². The maximum absolute atomic E-state index is 12.9. The maximum atomic E-state index is 12.9. The van der Waals surface area contributed by atoms with Crippen molar-refractivity contribution in [3.8, 4) is 11.8 Å². The Morgan fingerprint density at radius 1 is 1.38 bits per heavy atom. The number of carbonyl (C=O) groups excluding carboxylic acids is 1. The van der Waals surface area contributed by atoms with Crippen molar-refractivity contribution >= 4 is 5.91 Å². The highest BCUT2D eigenvalue weighted by molar-refractivity contribution is 5.94. The molecule has 1 aromatic rings. The van der Waals surface area contributed by atoms with Gasteiger partial charge in [-0.2, -0.15) is 0 Å². The molecule has 1 saturated heterocycles. The van der Waals surface area contributed by atoms with Crippen LogP contribution in [0.5, 0.6) is 0 Å². The van der Waals surface area contributed by atoms with Crippen LogP contribution in [0.15, 0.2) is 30.3 Å². The number of nitrogens with zero attached hydrogens (tertiary/aromatic N) is 1. The predicted molar refractivity (Wildman–Crippen MR) is 59.4 cm³/mol. The molecule has 0 N–H and O–H groups in total. The Labute approximate surface area is 94.1 Å². The van der Waals surface area contributed by atoms with Gasteiger partial charge in [0.15, 0.2) is 0 Å². The van der Waals surface area contributed by atoms with Gasteiger partial charge in [-0.05, 0) is 18.6 Å². The van der Waals surface area contributed by atoms with Gasteiger partial charge in [0.25, 0.3) is 5.91 Å². The van der Waals surface area contributed by atoms with Crippen LogP contribution < -0.4 is 0 Å². The summed E-state index contributed by atoms with van der Waals surface area (Å²) in [7, 11) is 0. The summed E-state index contributed by atoms with van der Waals surface area (Å²) in [6, 6.07) is 9.29. The molecule has 1 aromatic carbocycles. The van der Waals surface area contributed by atoms with Crippen molar-refractivity contribution in [1.82, 2.24) is 4.90 Å². The van der Waals surface area contributed by atoms with E-state index in [1.807, 2.05) is 30.3 Å². The van der Waals surface area contributed by atoms with Crippen LogP contribution in [-0.4, -0.2) is 30.1 Å². The van der Waals surface area contributed by atoms with Crippen LogP contribution >= 0.6 is 0 Å². The summed E-state index contributed by atoms with van der Waals surface area (Å²) >= 11 is 0. The van der Waals surface area contributed by atoms with Gasteiger partial charge in [0.05, 0.1) is 6.54 Å². The average Bonchev–Trinajstić information content (AvgIpc) is 2.74. The van der Waals surface area contributed by atoms with Gasteiger partial charge in [-0.15, -0.1) is 0 Å². The number of hydrogen-bond donors (Lipinski definition) is 0. The molecule has 0 aliphatic carbocycles. The van der Waals surface area contributed by atoms with Crippen molar-refractivity contribution < 1.29 is 9.18 Å². The van der Waals surface area contributed by atoms with Gasteiger partial charge in [0.2, 0.25) is 0 Å². The molecular weight excluding hydrogens is 205 g/mol. The van der Waals surface area contributed by atoms with Gasteiger partial charge in [-0.25, -0.2) is 4.39 Å². The molecule has 0 radical (unpaired) electrons. The second-order valence-corrected chi connectivity index (χ2v) is 3.75. The first-order valence-corrected chi connectivity index (χ1v) is 5.26. The number of amides is 1. The molecule has 1 aliphatic rings. The summed E-state index contributed by atoms with van der Waals surface area (Å²) in [5, 5.41) is 0. The minimum absolute atomic E-state index is 0.183. The molecule has 1 unspecified atom stereocenters. The zero-order valence-corrected chi connectivity index (χ0v) is 8.82. The summed E-state index contributed by atoms with van der Waals surface area (Å²) < 4.78 is 12.9. The summed E-state index contributed by atoms with van der Waals surface area (Å²) in [6.07, 6.45) is -0.457. The second-order valence-electron chi connectivity index (χ2n) is 3.75. The zero-order chi connectivity index (χ0) is 11.4. The molecule has 1 fully saturated rings. The van der Waals surface area contributed by atoms with E-state index in [4.69, 9.17) is 0 Å². The van der Waals surface area contributed by atoms with Crippen molar-refractivity contribution in [2.75, 3.05) is 13.1 Å². The number of halogens is 1. The summed E-state index contributed by atoms with van der Waals surface area (Å²) in [5.41, 5.74) is 0.798. The minimum atomic E-state index is -0.887. The highest BCUT2D eigenvalue weighted by Crippen LogP contribution is 2.11. The molecule has 82 valence electrons. The van der Waals surface area contributed by atoms with Gasteiger partial charge in [-0.3, -0.25) is 4.79 Å². The van der Waals surface area contributed by atoms with Crippen LogP contribution in [0.3, 0.4) is 0 Å². The highest BCUT2D eigenvalue weighted by Gasteiger charge is 2.24. The van der Waals surface area contributed by atoms with Crippen LogP contribution in [0.1, 0.15) is 12.0 Å². The third-order valence-corrected chi connectivity index (χ3v) is 2.51. The zero-order valence-electron chi connectivity index (χ0n) is 8.82. The third-order valence-electron chi connectivity index (χ3n) is 2.51. The van der Waals surface area contributed by atoms with E-state index in [9.17, 15) is 9.18 Å². The number of likely N-dealkylation sites (tertiary alicyclic amines) is 1. The van der Waals surface area contributed by atoms with E-state index in [-0.39, 0.29) is 12.5 Å². The van der Waals surface area contributed by atoms with Crippen molar-refractivity contribution in [3.63, 3.8) is 0 Å².